The van der Waals surface area contributed by atoms with Crippen LogP contribution in [-0.4, -0.2) is 74.8 Å². The highest BCUT2D eigenvalue weighted by Crippen LogP contribution is 2.16. The van der Waals surface area contributed by atoms with Gasteiger partial charge < -0.3 is 24.4 Å². The van der Waals surface area contributed by atoms with Gasteiger partial charge in [0.2, 0.25) is 5.91 Å². The fraction of sp³-hybridized carbons (Fsp3) is 0.958. The van der Waals surface area contributed by atoms with Crippen molar-refractivity contribution >= 4 is 12.2 Å². The molecule has 0 saturated heterocycles. The summed E-state index contributed by atoms with van der Waals surface area (Å²) in [6, 6.07) is 0. The molecule has 0 aromatic rings. The first-order chi connectivity index (χ1) is 26.4. The minimum atomic E-state index is -0.447. The van der Waals surface area contributed by atoms with E-state index < -0.39 is 6.10 Å². The molecule has 0 fully saturated rings. The Morgan fingerprint density at radius 3 is 1.33 bits per heavy atom. The van der Waals surface area contributed by atoms with E-state index in [1.54, 1.807) is 0 Å². The van der Waals surface area contributed by atoms with Crippen molar-refractivity contribution < 1.29 is 23.9 Å². The Bertz CT molecular complexity index is 761. The van der Waals surface area contributed by atoms with Gasteiger partial charge in [0.05, 0.1) is 27.2 Å². The Morgan fingerprint density at radius 1 is 0.556 bits per heavy atom. The van der Waals surface area contributed by atoms with Crippen LogP contribution in [0.25, 0.3) is 0 Å². The third kappa shape index (κ3) is 43.7. The van der Waals surface area contributed by atoms with Gasteiger partial charge in [-0.15, -0.1) is 0 Å². The minimum Gasteiger partial charge on any atom is -0.385 e. The summed E-state index contributed by atoms with van der Waals surface area (Å²) in [5.41, 5.74) is 0. The zero-order valence-electron chi connectivity index (χ0n) is 37.0. The summed E-state index contributed by atoms with van der Waals surface area (Å²) in [6.07, 6.45) is 48.4. The van der Waals surface area contributed by atoms with Crippen molar-refractivity contribution in [2.45, 2.75) is 251 Å². The molecule has 0 heterocycles. The average Bonchev–Trinajstić information content (AvgIpc) is 3.15. The number of hydrogen-bond acceptors (Lipinski definition) is 4. The minimum absolute atomic E-state index is 0.193. The van der Waals surface area contributed by atoms with Crippen LogP contribution in [0.3, 0.4) is 0 Å². The highest BCUT2D eigenvalue weighted by atomic mass is 16.5. The normalized spacial score (nSPS) is 12.4. The van der Waals surface area contributed by atoms with Crippen LogP contribution in [0.4, 0.5) is 0 Å². The first-order valence-corrected chi connectivity index (χ1v) is 24.2. The first kappa shape index (κ1) is 53.0. The maximum atomic E-state index is 12.3. The van der Waals surface area contributed by atoms with Crippen molar-refractivity contribution in [2.75, 3.05) is 46.9 Å². The monoisotopic (exact) mass is 766 g/mol. The molecule has 0 aromatic carbocycles. The van der Waals surface area contributed by atoms with Crippen LogP contribution >= 0.6 is 0 Å². The second kappa shape index (κ2) is 43.1. The maximum Gasteiger partial charge on any atom is 0.219 e. The molecule has 0 aliphatic carbocycles. The molecule has 0 aromatic heterocycles. The average molecular weight is 766 g/mol. The van der Waals surface area contributed by atoms with Crippen molar-refractivity contribution in [1.82, 2.24) is 5.32 Å². The fourth-order valence-corrected chi connectivity index (χ4v) is 7.85. The number of nitrogens with one attached hydrogen (secondary N) is 1. The van der Waals surface area contributed by atoms with Gasteiger partial charge in [-0.3, -0.25) is 4.79 Å². The number of aliphatic hydroxyl groups is 1. The predicted octanol–water partition coefficient (Wildman–Crippen LogP) is 13.2. The van der Waals surface area contributed by atoms with E-state index in [1.165, 1.54) is 199 Å². The highest BCUT2D eigenvalue weighted by Gasteiger charge is 2.20. The number of aldehydes is 1. The number of amides is 1. The summed E-state index contributed by atoms with van der Waals surface area (Å²) in [4.78, 5) is 22.6. The molecule has 1 amide bonds. The number of rotatable bonds is 46. The van der Waals surface area contributed by atoms with E-state index in [2.05, 4.69) is 26.3 Å². The quantitative estimate of drug-likeness (QED) is 0.0368. The summed E-state index contributed by atoms with van der Waals surface area (Å²) in [5, 5.41) is 13.7. The Kier molecular flexibility index (Phi) is 42.4. The molecule has 1 unspecified atom stereocenters. The molecule has 0 aliphatic heterocycles. The van der Waals surface area contributed by atoms with Gasteiger partial charge in [-0.1, -0.05) is 206 Å². The third-order valence-electron chi connectivity index (χ3n) is 11.4. The number of aliphatic hydroxyl groups excluding tert-OH is 1. The Labute approximate surface area is 338 Å². The van der Waals surface area contributed by atoms with Crippen LogP contribution in [0.1, 0.15) is 244 Å². The topological polar surface area (TPSA) is 75.6 Å². The van der Waals surface area contributed by atoms with Gasteiger partial charge in [-0.05, 0) is 19.3 Å². The number of carbonyl (C=O) groups excluding carboxylic acids is 2. The maximum absolute atomic E-state index is 12.3. The molecule has 0 rings (SSSR count). The summed E-state index contributed by atoms with van der Waals surface area (Å²) >= 11 is 0. The molecule has 6 heteroatoms. The summed E-state index contributed by atoms with van der Waals surface area (Å²) in [6.45, 7) is 5.78. The number of ether oxygens (including phenoxy) is 1. The zero-order chi connectivity index (χ0) is 39.5. The molecule has 2 N–H and O–H groups in total. The van der Waals surface area contributed by atoms with Gasteiger partial charge in [0.25, 0.3) is 0 Å². The fourth-order valence-electron chi connectivity index (χ4n) is 7.85. The summed E-state index contributed by atoms with van der Waals surface area (Å²) in [7, 11) is 4.32. The molecule has 0 aliphatic rings. The molecule has 0 saturated carbocycles. The number of nitrogens with zero attached hydrogens (tertiary/aromatic N) is 1. The first-order valence-electron chi connectivity index (χ1n) is 24.2. The largest absolute Gasteiger partial charge is 0.385 e. The number of likely N-dealkylation sites (N-methyl/N-ethyl adjacent to an activating group) is 1. The summed E-state index contributed by atoms with van der Waals surface area (Å²) in [5.74, 6) is 0.193. The van der Waals surface area contributed by atoms with Gasteiger partial charge in [-0.25, -0.2) is 0 Å². The van der Waals surface area contributed by atoms with Crippen LogP contribution in [0.15, 0.2) is 0 Å². The molecular weight excluding hydrogens is 669 g/mol. The standard InChI is InChI=1S/C48H96N2O4/c1-4-5-6-7-8-9-10-11-12-13-14-15-18-21-24-27-30-33-36-40-48(53)49-41-39-42-50(2,3)45-47(52)46-54-44-38-35-32-29-26-23-20-17-16-19-22-25-28-31-34-37-43-51/h43,47,52H,4-42,44-46H2,1-3H3/p+1. The van der Waals surface area contributed by atoms with Crippen LogP contribution < -0.4 is 5.32 Å². The van der Waals surface area contributed by atoms with Gasteiger partial charge >= 0.3 is 0 Å². The van der Waals surface area contributed by atoms with E-state index in [1.807, 2.05) is 0 Å². The molecular formula is C48H97N2O4+. The molecule has 0 spiro atoms. The number of quaternary nitrogens is 1. The zero-order valence-corrected chi connectivity index (χ0v) is 37.0. The van der Waals surface area contributed by atoms with E-state index >= 15 is 0 Å². The van der Waals surface area contributed by atoms with Crippen LogP contribution in [-0.2, 0) is 14.3 Å². The number of unbranched alkanes of at least 4 members (excludes halogenated alkanes) is 33. The van der Waals surface area contributed by atoms with Crippen molar-refractivity contribution in [1.29, 1.82) is 0 Å². The lowest BCUT2D eigenvalue weighted by Crippen LogP contribution is -2.47. The van der Waals surface area contributed by atoms with E-state index in [4.69, 9.17) is 4.74 Å². The Morgan fingerprint density at radius 2 is 0.926 bits per heavy atom. The van der Waals surface area contributed by atoms with Crippen molar-refractivity contribution in [3.05, 3.63) is 0 Å². The Hall–Kier alpha value is -0.980. The van der Waals surface area contributed by atoms with E-state index in [-0.39, 0.29) is 5.91 Å². The lowest BCUT2D eigenvalue weighted by atomic mass is 10.0. The second-order valence-electron chi connectivity index (χ2n) is 17.6. The van der Waals surface area contributed by atoms with Gasteiger partial charge in [0.1, 0.15) is 18.9 Å². The molecule has 0 radical (unpaired) electrons. The second-order valence-corrected chi connectivity index (χ2v) is 17.6. The van der Waals surface area contributed by atoms with Crippen LogP contribution in [0.5, 0.6) is 0 Å². The third-order valence-corrected chi connectivity index (χ3v) is 11.4. The molecule has 1 atom stereocenters. The van der Waals surface area contributed by atoms with E-state index in [9.17, 15) is 14.7 Å². The highest BCUT2D eigenvalue weighted by molar-refractivity contribution is 5.75. The predicted molar refractivity (Wildman–Crippen MR) is 234 cm³/mol. The lowest BCUT2D eigenvalue weighted by Gasteiger charge is -2.31. The SMILES string of the molecule is CCCCCCCCCCCCCCCCCCCCCC(=O)NCCC[N+](C)(C)CC(O)COCCCCCCCCCCCCCCCCCC=O. The molecule has 0 bridgehead atoms. The van der Waals surface area contributed by atoms with Crippen molar-refractivity contribution in [3.63, 3.8) is 0 Å². The van der Waals surface area contributed by atoms with E-state index in [0.29, 0.717) is 19.6 Å². The molecule has 322 valence electrons. The van der Waals surface area contributed by atoms with Crippen molar-refractivity contribution in [2.24, 2.45) is 0 Å². The lowest BCUT2D eigenvalue weighted by molar-refractivity contribution is -0.893. The molecule has 54 heavy (non-hydrogen) atoms. The van der Waals surface area contributed by atoms with Gasteiger partial charge in [0, 0.05) is 32.4 Å². The smallest absolute Gasteiger partial charge is 0.219 e. The van der Waals surface area contributed by atoms with E-state index in [0.717, 1.165) is 62.6 Å². The summed E-state index contributed by atoms with van der Waals surface area (Å²) < 4.78 is 6.54. The number of hydrogen-bond donors (Lipinski definition) is 2. The number of carbonyl (C=O) groups is 2. The van der Waals surface area contributed by atoms with Crippen LogP contribution in [0.2, 0.25) is 0 Å². The van der Waals surface area contributed by atoms with Crippen LogP contribution in [0, 0.1) is 0 Å². The van der Waals surface area contributed by atoms with Gasteiger partial charge in [0.15, 0.2) is 0 Å². The van der Waals surface area contributed by atoms with Gasteiger partial charge in [-0.2, -0.15) is 0 Å². The van der Waals surface area contributed by atoms with Crippen molar-refractivity contribution in [3.8, 4) is 0 Å². The molecule has 6 nitrogen and oxygen atoms in total. The Balaban J connectivity index is 3.43.